The summed E-state index contributed by atoms with van der Waals surface area (Å²) in [5, 5.41) is 0. The summed E-state index contributed by atoms with van der Waals surface area (Å²) < 4.78 is 5.52. The van der Waals surface area contributed by atoms with E-state index in [1.54, 1.807) is 36.5 Å². The van der Waals surface area contributed by atoms with Gasteiger partial charge < -0.3 is 16.2 Å². The molecule has 0 saturated heterocycles. The molecule has 0 aliphatic heterocycles. The topological polar surface area (TPSA) is 91.2 Å². The molecule has 92 valence electrons. The zero-order chi connectivity index (χ0) is 13.1. The zero-order valence-electron chi connectivity index (χ0n) is 9.88. The fourth-order valence-corrected chi connectivity index (χ4v) is 1.53. The number of amides is 1. The van der Waals surface area contributed by atoms with E-state index in [0.29, 0.717) is 17.0 Å². The van der Waals surface area contributed by atoms with Gasteiger partial charge in [0.25, 0.3) is 5.91 Å². The molecule has 0 unspecified atom stereocenters. The Morgan fingerprint density at radius 2 is 2.06 bits per heavy atom. The third-order valence-corrected chi connectivity index (χ3v) is 2.37. The van der Waals surface area contributed by atoms with E-state index in [1.165, 1.54) is 0 Å². The molecule has 5 nitrogen and oxygen atoms in total. The average Bonchev–Trinajstić information content (AvgIpc) is 2.33. The first kappa shape index (κ1) is 11.9. The highest BCUT2D eigenvalue weighted by molar-refractivity contribution is 5.95. The second-order valence-electron chi connectivity index (χ2n) is 3.87. The Labute approximate surface area is 104 Å². The van der Waals surface area contributed by atoms with Crippen molar-refractivity contribution in [3.8, 4) is 11.6 Å². The van der Waals surface area contributed by atoms with Crippen molar-refractivity contribution in [1.82, 2.24) is 4.98 Å². The molecule has 5 heteroatoms. The van der Waals surface area contributed by atoms with Crippen LogP contribution in [0.4, 0.5) is 5.69 Å². The lowest BCUT2D eigenvalue weighted by atomic mass is 10.2. The van der Waals surface area contributed by atoms with E-state index in [2.05, 4.69) is 4.98 Å². The van der Waals surface area contributed by atoms with Crippen LogP contribution in [0.1, 0.15) is 15.9 Å². The van der Waals surface area contributed by atoms with Gasteiger partial charge in [0.15, 0.2) is 0 Å². The van der Waals surface area contributed by atoms with Crippen LogP contribution in [0, 0.1) is 6.92 Å². The van der Waals surface area contributed by atoms with Crippen LogP contribution in [0.3, 0.4) is 0 Å². The monoisotopic (exact) mass is 243 g/mol. The van der Waals surface area contributed by atoms with Crippen LogP contribution in [0.25, 0.3) is 0 Å². The largest absolute Gasteiger partial charge is 0.436 e. The van der Waals surface area contributed by atoms with Crippen LogP contribution >= 0.6 is 0 Å². The predicted molar refractivity (Wildman–Crippen MR) is 68.4 cm³/mol. The molecule has 0 saturated carbocycles. The number of hydrogen-bond donors (Lipinski definition) is 2. The van der Waals surface area contributed by atoms with Crippen molar-refractivity contribution >= 4 is 11.6 Å². The first-order chi connectivity index (χ1) is 8.58. The van der Waals surface area contributed by atoms with Crippen molar-refractivity contribution in [3.05, 3.63) is 47.7 Å². The molecule has 2 rings (SSSR count). The van der Waals surface area contributed by atoms with Crippen LogP contribution in [-0.2, 0) is 0 Å². The fourth-order valence-electron chi connectivity index (χ4n) is 1.53. The van der Waals surface area contributed by atoms with Gasteiger partial charge in [-0.15, -0.1) is 0 Å². The summed E-state index contributed by atoms with van der Waals surface area (Å²) in [6, 6.07) is 8.42. The maximum Gasteiger partial charge on any atom is 0.252 e. The SMILES string of the molecule is Cc1cnc(Oc2ccccc2C(N)=O)c(N)c1. The number of aryl methyl sites for hydroxylation is 1. The first-order valence-corrected chi connectivity index (χ1v) is 5.36. The number of carbonyl (C=O) groups excluding carboxylic acids is 1. The first-order valence-electron chi connectivity index (χ1n) is 5.36. The standard InChI is InChI=1S/C13H13N3O2/c1-8-6-10(14)13(16-7-8)18-11-5-3-2-4-9(11)12(15)17/h2-7H,14H2,1H3,(H2,15,17). The number of ether oxygens (including phenoxy) is 1. The van der Waals surface area contributed by atoms with Gasteiger partial charge in [-0.05, 0) is 30.7 Å². The van der Waals surface area contributed by atoms with Crippen LogP contribution in [0.15, 0.2) is 36.5 Å². The number of anilines is 1. The molecule has 1 heterocycles. The number of benzene rings is 1. The second kappa shape index (κ2) is 4.75. The van der Waals surface area contributed by atoms with Gasteiger partial charge in [0, 0.05) is 6.20 Å². The van der Waals surface area contributed by atoms with Gasteiger partial charge in [-0.3, -0.25) is 4.79 Å². The molecule has 1 aromatic carbocycles. The Morgan fingerprint density at radius 1 is 1.33 bits per heavy atom. The zero-order valence-corrected chi connectivity index (χ0v) is 9.88. The molecule has 0 atom stereocenters. The quantitative estimate of drug-likeness (QED) is 0.860. The van der Waals surface area contributed by atoms with E-state index >= 15 is 0 Å². The Bertz CT molecular complexity index is 597. The second-order valence-corrected chi connectivity index (χ2v) is 3.87. The van der Waals surface area contributed by atoms with E-state index < -0.39 is 5.91 Å². The molecule has 0 radical (unpaired) electrons. The van der Waals surface area contributed by atoms with Crippen molar-refractivity contribution in [2.75, 3.05) is 5.73 Å². The number of rotatable bonds is 3. The minimum Gasteiger partial charge on any atom is -0.436 e. The summed E-state index contributed by atoms with van der Waals surface area (Å²) in [6.45, 7) is 1.88. The van der Waals surface area contributed by atoms with Gasteiger partial charge >= 0.3 is 0 Å². The summed E-state index contributed by atoms with van der Waals surface area (Å²) in [6.07, 6.45) is 1.64. The third-order valence-electron chi connectivity index (χ3n) is 2.37. The highest BCUT2D eigenvalue weighted by Crippen LogP contribution is 2.27. The van der Waals surface area contributed by atoms with E-state index in [4.69, 9.17) is 16.2 Å². The lowest BCUT2D eigenvalue weighted by Gasteiger charge is -2.10. The molecule has 0 aliphatic carbocycles. The molecule has 4 N–H and O–H groups in total. The van der Waals surface area contributed by atoms with Crippen LogP contribution in [0.2, 0.25) is 0 Å². The van der Waals surface area contributed by atoms with Crippen molar-refractivity contribution in [1.29, 1.82) is 0 Å². The number of primary amides is 1. The molecule has 2 aromatic rings. The normalized spacial score (nSPS) is 10.1. The Balaban J connectivity index is 2.37. The fraction of sp³-hybridized carbons (Fsp3) is 0.0769. The summed E-state index contributed by atoms with van der Waals surface area (Å²) in [5.41, 5.74) is 12.7. The van der Waals surface area contributed by atoms with Crippen LogP contribution in [0.5, 0.6) is 11.6 Å². The summed E-state index contributed by atoms with van der Waals surface area (Å²) in [4.78, 5) is 15.3. The van der Waals surface area contributed by atoms with E-state index in [9.17, 15) is 4.79 Å². The van der Waals surface area contributed by atoms with Gasteiger partial charge in [0.2, 0.25) is 5.88 Å². The maximum atomic E-state index is 11.2. The van der Waals surface area contributed by atoms with Gasteiger partial charge in [-0.1, -0.05) is 12.1 Å². The minimum atomic E-state index is -0.559. The number of nitrogens with zero attached hydrogens (tertiary/aromatic N) is 1. The summed E-state index contributed by atoms with van der Waals surface area (Å²) in [5.74, 6) is 0.0404. The van der Waals surface area contributed by atoms with Gasteiger partial charge in [0.1, 0.15) is 5.75 Å². The number of nitrogen functional groups attached to an aromatic ring is 1. The average molecular weight is 243 g/mol. The van der Waals surface area contributed by atoms with Gasteiger partial charge in [0.05, 0.1) is 11.3 Å². The molecule has 0 bridgehead atoms. The molecular formula is C13H13N3O2. The summed E-state index contributed by atoms with van der Waals surface area (Å²) >= 11 is 0. The van der Waals surface area contributed by atoms with Crippen molar-refractivity contribution < 1.29 is 9.53 Å². The van der Waals surface area contributed by atoms with Crippen LogP contribution in [-0.4, -0.2) is 10.9 Å². The molecule has 0 fully saturated rings. The Hall–Kier alpha value is -2.56. The van der Waals surface area contributed by atoms with Crippen LogP contribution < -0.4 is 16.2 Å². The van der Waals surface area contributed by atoms with Gasteiger partial charge in [-0.25, -0.2) is 4.98 Å². The molecular weight excluding hydrogens is 230 g/mol. The summed E-state index contributed by atoms with van der Waals surface area (Å²) in [7, 11) is 0. The third kappa shape index (κ3) is 2.40. The minimum absolute atomic E-state index is 0.259. The number of pyridine rings is 1. The van der Waals surface area contributed by atoms with E-state index in [1.807, 2.05) is 6.92 Å². The molecule has 1 aromatic heterocycles. The smallest absolute Gasteiger partial charge is 0.252 e. The Kier molecular flexibility index (Phi) is 3.14. The van der Waals surface area contributed by atoms with Crippen molar-refractivity contribution in [2.24, 2.45) is 5.73 Å². The Morgan fingerprint density at radius 3 is 2.72 bits per heavy atom. The molecule has 0 spiro atoms. The highest BCUT2D eigenvalue weighted by atomic mass is 16.5. The number of carbonyl (C=O) groups is 1. The number of hydrogen-bond acceptors (Lipinski definition) is 4. The maximum absolute atomic E-state index is 11.2. The van der Waals surface area contributed by atoms with Crippen molar-refractivity contribution in [2.45, 2.75) is 6.92 Å². The van der Waals surface area contributed by atoms with E-state index in [-0.39, 0.29) is 5.88 Å². The molecule has 1 amide bonds. The van der Waals surface area contributed by atoms with Gasteiger partial charge in [-0.2, -0.15) is 0 Å². The number of para-hydroxylation sites is 1. The lowest BCUT2D eigenvalue weighted by Crippen LogP contribution is -2.12. The predicted octanol–water partition coefficient (Wildman–Crippen LogP) is 1.86. The number of aromatic nitrogens is 1. The van der Waals surface area contributed by atoms with E-state index in [0.717, 1.165) is 5.56 Å². The highest BCUT2D eigenvalue weighted by Gasteiger charge is 2.11. The molecule has 18 heavy (non-hydrogen) atoms. The molecule has 0 aliphatic rings. The number of nitrogens with two attached hydrogens (primary N) is 2. The van der Waals surface area contributed by atoms with Crippen molar-refractivity contribution in [3.63, 3.8) is 0 Å². The lowest BCUT2D eigenvalue weighted by molar-refractivity contribution is 0.0998.